The number of rotatable bonds is 6. The molecule has 2 aromatic rings. The van der Waals surface area contributed by atoms with Gasteiger partial charge in [0.15, 0.2) is 0 Å². The molecule has 0 saturated carbocycles. The molecule has 0 spiro atoms. The number of nitrogens with one attached hydrogen (secondary N) is 2. The normalized spacial score (nSPS) is 19.2. The fraction of sp³-hybridized carbons (Fsp3) is 0.318. The summed E-state index contributed by atoms with van der Waals surface area (Å²) in [7, 11) is 0. The molecule has 2 N–H and O–H groups in total. The molecule has 0 aromatic heterocycles. The first-order valence-corrected chi connectivity index (χ1v) is 9.36. The summed E-state index contributed by atoms with van der Waals surface area (Å²) < 4.78 is 14.1. The molecule has 152 valence electrons. The van der Waals surface area contributed by atoms with E-state index in [2.05, 4.69) is 10.6 Å². The maximum atomic E-state index is 14.1. The van der Waals surface area contributed by atoms with Crippen LogP contribution in [0.25, 0.3) is 0 Å². The summed E-state index contributed by atoms with van der Waals surface area (Å²) in [6, 6.07) is 14.6. The average Bonchev–Trinajstić information content (AvgIpc) is 2.91. The number of imide groups is 1. The Labute approximate surface area is 169 Å². The molecule has 1 saturated heterocycles. The van der Waals surface area contributed by atoms with Crippen LogP contribution < -0.4 is 10.6 Å². The number of halogens is 1. The van der Waals surface area contributed by atoms with Crippen molar-refractivity contribution in [1.29, 1.82) is 0 Å². The van der Waals surface area contributed by atoms with Crippen LogP contribution in [0.5, 0.6) is 0 Å². The van der Waals surface area contributed by atoms with Gasteiger partial charge in [0.1, 0.15) is 17.9 Å². The first kappa shape index (κ1) is 20.5. The molecule has 2 aromatic carbocycles. The molecule has 0 radical (unpaired) electrons. The van der Waals surface area contributed by atoms with Gasteiger partial charge in [0, 0.05) is 12.0 Å². The van der Waals surface area contributed by atoms with Crippen molar-refractivity contribution in [2.75, 3.05) is 13.1 Å². The zero-order valence-electron chi connectivity index (χ0n) is 16.7. The number of hydrogen-bond acceptors (Lipinski definition) is 3. The van der Waals surface area contributed by atoms with Crippen LogP contribution >= 0.6 is 0 Å². The van der Waals surface area contributed by atoms with E-state index in [-0.39, 0.29) is 12.4 Å². The van der Waals surface area contributed by atoms with Gasteiger partial charge in [-0.05, 0) is 24.1 Å². The molecular formula is C22H24FN3O3. The minimum Gasteiger partial charge on any atom is -0.354 e. The largest absolute Gasteiger partial charge is 0.354 e. The van der Waals surface area contributed by atoms with Crippen molar-refractivity contribution < 1.29 is 18.8 Å². The van der Waals surface area contributed by atoms with E-state index >= 15 is 0 Å². The summed E-state index contributed by atoms with van der Waals surface area (Å²) in [5.74, 6) is -1.33. The Bertz CT molecular complexity index is 945. The zero-order valence-corrected chi connectivity index (χ0v) is 16.7. The van der Waals surface area contributed by atoms with Gasteiger partial charge in [0.2, 0.25) is 5.91 Å². The first-order chi connectivity index (χ1) is 13.6. The van der Waals surface area contributed by atoms with Crippen LogP contribution in [-0.4, -0.2) is 35.8 Å². The van der Waals surface area contributed by atoms with Crippen molar-refractivity contribution >= 4 is 17.8 Å². The molecule has 7 heteroatoms. The van der Waals surface area contributed by atoms with Crippen LogP contribution in [0.2, 0.25) is 0 Å². The average molecular weight is 397 g/mol. The molecule has 0 unspecified atom stereocenters. The predicted molar refractivity (Wildman–Crippen MR) is 106 cm³/mol. The molecule has 1 fully saturated rings. The molecule has 0 bridgehead atoms. The number of nitrogens with zero attached hydrogens (tertiary/aromatic N) is 1. The van der Waals surface area contributed by atoms with E-state index < -0.39 is 35.3 Å². The molecule has 1 heterocycles. The van der Waals surface area contributed by atoms with E-state index in [0.717, 1.165) is 4.90 Å². The SMILES string of the molecule is CC(C)(CNC(=O)CN1C(=O)N[C@@](C)(c2ccccc2)C1=O)c1ccccc1F. The number of carbonyl (C=O) groups is 3. The smallest absolute Gasteiger partial charge is 0.325 e. The first-order valence-electron chi connectivity index (χ1n) is 9.36. The highest BCUT2D eigenvalue weighted by Gasteiger charge is 2.49. The van der Waals surface area contributed by atoms with Crippen LogP contribution in [0.4, 0.5) is 9.18 Å². The van der Waals surface area contributed by atoms with E-state index in [9.17, 15) is 18.8 Å². The molecule has 29 heavy (non-hydrogen) atoms. The standard InChI is InChI=1S/C22H24FN3O3/c1-21(2,16-11-7-8-12-17(16)23)14-24-18(27)13-26-19(28)22(3,25-20(26)29)15-9-5-4-6-10-15/h4-12H,13-14H2,1-3H3,(H,24,27)(H,25,29)/t22-/m0/s1. The summed E-state index contributed by atoms with van der Waals surface area (Å²) in [6.07, 6.45) is 0. The van der Waals surface area contributed by atoms with Gasteiger partial charge < -0.3 is 10.6 Å². The quantitative estimate of drug-likeness (QED) is 0.736. The third-order valence-electron chi connectivity index (χ3n) is 5.26. The van der Waals surface area contributed by atoms with Crippen LogP contribution in [0, 0.1) is 5.82 Å². The van der Waals surface area contributed by atoms with Crippen molar-refractivity contribution in [3.05, 3.63) is 71.5 Å². The van der Waals surface area contributed by atoms with Crippen molar-refractivity contribution in [2.24, 2.45) is 0 Å². The lowest BCUT2D eigenvalue weighted by Crippen LogP contribution is -2.45. The second kappa shape index (κ2) is 7.66. The monoisotopic (exact) mass is 397 g/mol. The third-order valence-corrected chi connectivity index (χ3v) is 5.26. The predicted octanol–water partition coefficient (Wildman–Crippen LogP) is 2.69. The van der Waals surface area contributed by atoms with E-state index in [0.29, 0.717) is 11.1 Å². The summed E-state index contributed by atoms with van der Waals surface area (Å²) in [5.41, 5.74) is -0.754. The Kier molecular flexibility index (Phi) is 5.42. The molecule has 1 atom stereocenters. The van der Waals surface area contributed by atoms with Crippen molar-refractivity contribution in [3.8, 4) is 0 Å². The van der Waals surface area contributed by atoms with Gasteiger partial charge in [0.25, 0.3) is 5.91 Å². The molecule has 0 aliphatic carbocycles. The molecular weight excluding hydrogens is 373 g/mol. The minimum absolute atomic E-state index is 0.159. The van der Waals surface area contributed by atoms with Crippen molar-refractivity contribution in [3.63, 3.8) is 0 Å². The lowest BCUT2D eigenvalue weighted by atomic mass is 9.84. The molecule has 3 rings (SSSR count). The molecule has 1 aliphatic heterocycles. The Balaban J connectivity index is 1.66. The Hall–Kier alpha value is -3.22. The van der Waals surface area contributed by atoms with Gasteiger partial charge in [-0.1, -0.05) is 62.4 Å². The number of urea groups is 1. The van der Waals surface area contributed by atoms with Crippen molar-refractivity contribution in [1.82, 2.24) is 15.5 Å². The van der Waals surface area contributed by atoms with Gasteiger partial charge in [0.05, 0.1) is 0 Å². The van der Waals surface area contributed by atoms with E-state index in [1.165, 1.54) is 6.07 Å². The maximum absolute atomic E-state index is 14.1. The molecule has 1 aliphatic rings. The Morgan fingerprint density at radius 1 is 1.10 bits per heavy atom. The lowest BCUT2D eigenvalue weighted by molar-refractivity contribution is -0.134. The van der Waals surface area contributed by atoms with E-state index in [4.69, 9.17) is 0 Å². The van der Waals surface area contributed by atoms with E-state index in [1.807, 2.05) is 19.9 Å². The summed E-state index contributed by atoms with van der Waals surface area (Å²) in [5, 5.41) is 5.37. The summed E-state index contributed by atoms with van der Waals surface area (Å²) in [6.45, 7) is 4.99. The van der Waals surface area contributed by atoms with Gasteiger partial charge in [-0.3, -0.25) is 14.5 Å². The molecule has 4 amide bonds. The number of hydrogen-bond donors (Lipinski definition) is 2. The second-order valence-electron chi connectivity index (χ2n) is 7.95. The van der Waals surface area contributed by atoms with Crippen LogP contribution in [0.3, 0.4) is 0 Å². The lowest BCUT2D eigenvalue weighted by Gasteiger charge is -2.26. The maximum Gasteiger partial charge on any atom is 0.325 e. The number of benzene rings is 2. The van der Waals surface area contributed by atoms with Crippen LogP contribution in [0.1, 0.15) is 31.9 Å². The van der Waals surface area contributed by atoms with Crippen LogP contribution in [0.15, 0.2) is 54.6 Å². The highest BCUT2D eigenvalue weighted by atomic mass is 19.1. The Morgan fingerprint density at radius 3 is 2.38 bits per heavy atom. The van der Waals surface area contributed by atoms with Gasteiger partial charge >= 0.3 is 6.03 Å². The molecule has 6 nitrogen and oxygen atoms in total. The van der Waals surface area contributed by atoms with Crippen LogP contribution in [-0.2, 0) is 20.5 Å². The van der Waals surface area contributed by atoms with Gasteiger partial charge in [-0.25, -0.2) is 9.18 Å². The Morgan fingerprint density at radius 2 is 1.72 bits per heavy atom. The van der Waals surface area contributed by atoms with E-state index in [1.54, 1.807) is 49.4 Å². The summed E-state index contributed by atoms with van der Waals surface area (Å²) in [4.78, 5) is 38.5. The third kappa shape index (κ3) is 3.99. The topological polar surface area (TPSA) is 78.5 Å². The number of amides is 4. The zero-order chi connectivity index (χ0) is 21.2. The minimum atomic E-state index is -1.22. The van der Waals surface area contributed by atoms with Gasteiger partial charge in [-0.15, -0.1) is 0 Å². The summed E-state index contributed by atoms with van der Waals surface area (Å²) >= 11 is 0. The van der Waals surface area contributed by atoms with Gasteiger partial charge in [-0.2, -0.15) is 0 Å². The highest BCUT2D eigenvalue weighted by Crippen LogP contribution is 2.28. The van der Waals surface area contributed by atoms with Crippen molar-refractivity contribution in [2.45, 2.75) is 31.7 Å². The fourth-order valence-corrected chi connectivity index (χ4v) is 3.43. The number of carbonyl (C=O) groups excluding carboxylic acids is 3. The second-order valence-corrected chi connectivity index (χ2v) is 7.95. The fourth-order valence-electron chi connectivity index (χ4n) is 3.43. The highest BCUT2D eigenvalue weighted by molar-refractivity contribution is 6.09.